The van der Waals surface area contributed by atoms with Crippen LogP contribution in [0.2, 0.25) is 10.0 Å². The molecule has 1 saturated heterocycles. The molecule has 2 aliphatic rings. The monoisotopic (exact) mass is 591 g/mol. The van der Waals surface area contributed by atoms with Gasteiger partial charge in [0.1, 0.15) is 6.04 Å². The molecule has 0 unspecified atom stereocenters. The van der Waals surface area contributed by atoms with E-state index in [1.807, 2.05) is 6.07 Å². The van der Waals surface area contributed by atoms with Crippen LogP contribution in [0.1, 0.15) is 44.6 Å². The van der Waals surface area contributed by atoms with Gasteiger partial charge >= 0.3 is 6.03 Å². The normalized spacial score (nSPS) is 18.1. The van der Waals surface area contributed by atoms with Crippen LogP contribution in [0.5, 0.6) is 0 Å². The number of rotatable bonds is 9. The molecule has 1 aliphatic heterocycles. The van der Waals surface area contributed by atoms with Crippen molar-refractivity contribution in [3.05, 3.63) is 58.1 Å². The number of urea groups is 1. The van der Waals surface area contributed by atoms with Crippen LogP contribution >= 0.6 is 23.2 Å². The lowest BCUT2D eigenvalue weighted by atomic mass is 9.97. The predicted molar refractivity (Wildman–Crippen MR) is 150 cm³/mol. The Labute approximate surface area is 239 Å². The third kappa shape index (κ3) is 6.96. The van der Waals surface area contributed by atoms with Gasteiger partial charge in [-0.25, -0.2) is 13.2 Å². The number of likely N-dealkylation sites (tertiary alicyclic amines) is 1. The topological polar surface area (TPSA) is 123 Å². The van der Waals surface area contributed by atoms with Crippen LogP contribution in [0.4, 0.5) is 10.5 Å². The van der Waals surface area contributed by atoms with Gasteiger partial charge in [0.25, 0.3) is 10.0 Å². The zero-order chi connectivity index (χ0) is 28.2. The van der Waals surface area contributed by atoms with E-state index in [2.05, 4.69) is 10.6 Å². The second kappa shape index (κ2) is 12.5. The molecule has 2 atom stereocenters. The summed E-state index contributed by atoms with van der Waals surface area (Å²) >= 11 is 12.5. The van der Waals surface area contributed by atoms with Crippen molar-refractivity contribution in [2.45, 2.75) is 56.0 Å². The van der Waals surface area contributed by atoms with Crippen molar-refractivity contribution >= 4 is 50.9 Å². The van der Waals surface area contributed by atoms with Gasteiger partial charge in [0.05, 0.1) is 27.2 Å². The largest absolute Gasteiger partial charge is 0.341 e. The second-order valence-corrected chi connectivity index (χ2v) is 12.5. The molecule has 1 heterocycles. The molecule has 2 aromatic carbocycles. The summed E-state index contributed by atoms with van der Waals surface area (Å²) in [5.41, 5.74) is 0.263. The van der Waals surface area contributed by atoms with E-state index in [0.29, 0.717) is 24.7 Å². The molecule has 4 rings (SSSR count). The Balaban J connectivity index is 1.63. The lowest BCUT2D eigenvalue weighted by Crippen LogP contribution is -2.54. The Morgan fingerprint density at radius 1 is 1.15 bits per heavy atom. The van der Waals surface area contributed by atoms with Crippen LogP contribution in [-0.4, -0.2) is 57.0 Å². The number of hydrogen-bond donors (Lipinski definition) is 2. The molecule has 1 aliphatic carbocycles. The highest BCUT2D eigenvalue weighted by Gasteiger charge is 2.39. The van der Waals surface area contributed by atoms with E-state index in [4.69, 9.17) is 23.2 Å². The highest BCUT2D eigenvalue weighted by Crippen LogP contribution is 2.35. The number of nitrogens with one attached hydrogen (secondary N) is 2. The number of amides is 3. The number of anilines is 1. The maximum atomic E-state index is 14.0. The summed E-state index contributed by atoms with van der Waals surface area (Å²) < 4.78 is 29.1. The first-order valence-electron chi connectivity index (χ1n) is 13.0. The van der Waals surface area contributed by atoms with E-state index in [-0.39, 0.29) is 51.5 Å². The van der Waals surface area contributed by atoms with Gasteiger partial charge in [0.2, 0.25) is 5.91 Å². The minimum absolute atomic E-state index is 0.0389. The first kappa shape index (κ1) is 29.0. The maximum Gasteiger partial charge on any atom is 0.315 e. The quantitative estimate of drug-likeness (QED) is 0.443. The summed E-state index contributed by atoms with van der Waals surface area (Å²) in [4.78, 5) is 27.7. The highest BCUT2D eigenvalue weighted by atomic mass is 35.5. The van der Waals surface area contributed by atoms with Gasteiger partial charge in [-0.3, -0.25) is 9.10 Å². The minimum Gasteiger partial charge on any atom is -0.341 e. The van der Waals surface area contributed by atoms with E-state index >= 15 is 0 Å². The third-order valence-electron chi connectivity index (χ3n) is 6.93. The number of sulfonamides is 1. The summed E-state index contributed by atoms with van der Waals surface area (Å²) in [6.07, 6.45) is 3.73. The van der Waals surface area contributed by atoms with Crippen LogP contribution in [-0.2, 0) is 14.8 Å². The Morgan fingerprint density at radius 3 is 2.51 bits per heavy atom. The molecule has 3 amide bonds. The smallest absolute Gasteiger partial charge is 0.315 e. The number of halogens is 2. The van der Waals surface area contributed by atoms with Gasteiger partial charge in [-0.1, -0.05) is 30.1 Å². The molecule has 2 aromatic rings. The van der Waals surface area contributed by atoms with E-state index in [1.54, 1.807) is 11.8 Å². The van der Waals surface area contributed by atoms with Crippen molar-refractivity contribution < 1.29 is 18.0 Å². The zero-order valence-corrected chi connectivity index (χ0v) is 23.9. The van der Waals surface area contributed by atoms with Gasteiger partial charge in [0, 0.05) is 30.7 Å². The first-order chi connectivity index (χ1) is 18.6. The number of carbonyl (C=O) groups excluding carboxylic acids is 2. The van der Waals surface area contributed by atoms with Gasteiger partial charge in [0.15, 0.2) is 0 Å². The molecule has 9 nitrogen and oxygen atoms in total. The molecule has 2 fully saturated rings. The Hall–Kier alpha value is -3.00. The molecule has 208 valence electrons. The summed E-state index contributed by atoms with van der Waals surface area (Å²) in [6.45, 7) is 3.02. The van der Waals surface area contributed by atoms with Crippen molar-refractivity contribution in [1.82, 2.24) is 15.5 Å². The van der Waals surface area contributed by atoms with Gasteiger partial charge < -0.3 is 15.5 Å². The lowest BCUT2D eigenvalue weighted by molar-refractivity contribution is -0.134. The number of benzene rings is 2. The third-order valence-corrected chi connectivity index (χ3v) is 9.34. The Kier molecular flexibility index (Phi) is 9.26. The van der Waals surface area contributed by atoms with E-state index in [0.717, 1.165) is 30.0 Å². The molecule has 1 saturated carbocycles. The molecular weight excluding hydrogens is 561 g/mol. The maximum absolute atomic E-state index is 14.0. The molecule has 0 aromatic heterocycles. The number of nitrogens with zero attached hydrogens (tertiary/aromatic N) is 3. The highest BCUT2D eigenvalue weighted by molar-refractivity contribution is 7.93. The minimum atomic E-state index is -4.29. The van der Waals surface area contributed by atoms with E-state index < -0.39 is 16.1 Å². The lowest BCUT2D eigenvalue weighted by Gasteiger charge is -2.38. The van der Waals surface area contributed by atoms with Crippen LogP contribution < -0.4 is 14.9 Å². The first-order valence-corrected chi connectivity index (χ1v) is 15.2. The summed E-state index contributed by atoms with van der Waals surface area (Å²) in [7, 11) is -4.29. The van der Waals surface area contributed by atoms with Crippen LogP contribution in [0.15, 0.2) is 47.4 Å². The number of nitriles is 1. The standard InChI is InChI=1S/C27H31Cl2N5O4S/c1-2-24(26(35)33-13-3-4-19(17-33)16-31-27(36)32-21-8-9-21)34(25-14-18(15-30)5-12-23(25)29)39(37,38)22-10-6-20(28)7-11-22/h5-7,10-12,14,19,21,24H,2-4,8-9,13,16-17H2,1H3,(H2,31,32,36)/t19-,24+/m0/s1. The van der Waals surface area contributed by atoms with Crippen LogP contribution in [0.3, 0.4) is 0 Å². The average Bonchev–Trinajstić information content (AvgIpc) is 3.75. The fraction of sp³-hybridized carbons (Fsp3) is 0.444. The Bertz CT molecular complexity index is 1360. The second-order valence-electron chi connectivity index (χ2n) is 9.88. The fourth-order valence-corrected chi connectivity index (χ4v) is 6.80. The average molecular weight is 593 g/mol. The molecule has 0 bridgehead atoms. The number of piperidine rings is 1. The van der Waals surface area contributed by atoms with E-state index in [1.165, 1.54) is 42.5 Å². The van der Waals surface area contributed by atoms with Crippen molar-refractivity contribution in [3.63, 3.8) is 0 Å². The molecule has 0 radical (unpaired) electrons. The van der Waals surface area contributed by atoms with E-state index in [9.17, 15) is 23.3 Å². The molecular formula is C27H31Cl2N5O4S. The van der Waals surface area contributed by atoms with Crippen molar-refractivity contribution in [3.8, 4) is 6.07 Å². The van der Waals surface area contributed by atoms with Crippen molar-refractivity contribution in [2.24, 2.45) is 5.92 Å². The van der Waals surface area contributed by atoms with Crippen LogP contribution in [0.25, 0.3) is 0 Å². The summed E-state index contributed by atoms with van der Waals surface area (Å²) in [5.74, 6) is -0.322. The van der Waals surface area contributed by atoms with Crippen LogP contribution in [0, 0.1) is 17.2 Å². The molecule has 0 spiro atoms. The zero-order valence-electron chi connectivity index (χ0n) is 21.6. The van der Waals surface area contributed by atoms with Gasteiger partial charge in [-0.05, 0) is 80.5 Å². The fourth-order valence-electron chi connectivity index (χ4n) is 4.72. The summed E-state index contributed by atoms with van der Waals surface area (Å²) in [5, 5.41) is 15.7. The predicted octanol–water partition coefficient (Wildman–Crippen LogP) is 4.54. The van der Waals surface area contributed by atoms with Gasteiger partial charge in [-0.15, -0.1) is 0 Å². The van der Waals surface area contributed by atoms with Crippen molar-refractivity contribution in [2.75, 3.05) is 23.9 Å². The SMILES string of the molecule is CC[C@H](C(=O)N1CCC[C@@H](CNC(=O)NC2CC2)C1)N(c1cc(C#N)ccc1Cl)S(=O)(=O)c1ccc(Cl)cc1. The number of hydrogen-bond acceptors (Lipinski definition) is 5. The molecule has 2 N–H and O–H groups in total. The Morgan fingerprint density at radius 2 is 1.87 bits per heavy atom. The molecule has 12 heteroatoms. The molecule has 39 heavy (non-hydrogen) atoms. The number of carbonyl (C=O) groups is 2. The van der Waals surface area contributed by atoms with Crippen molar-refractivity contribution in [1.29, 1.82) is 5.26 Å². The van der Waals surface area contributed by atoms with Gasteiger partial charge in [-0.2, -0.15) is 5.26 Å². The summed E-state index contributed by atoms with van der Waals surface area (Å²) in [6, 6.07) is 10.9.